The second-order valence-electron chi connectivity index (χ2n) is 6.44. The van der Waals surface area contributed by atoms with Crippen LogP contribution >= 0.6 is 23.8 Å². The number of thiocarbonyl (C=S) groups is 1. The Labute approximate surface area is 179 Å². The number of methoxy groups -OCH3 is 1. The zero-order valence-electron chi connectivity index (χ0n) is 15.9. The number of hydrogen-bond donors (Lipinski definition) is 1. The molecule has 1 amide bonds. The van der Waals surface area contributed by atoms with Crippen LogP contribution in [0.15, 0.2) is 42.6 Å². The van der Waals surface area contributed by atoms with Gasteiger partial charge < -0.3 is 10.1 Å². The van der Waals surface area contributed by atoms with E-state index in [-0.39, 0.29) is 11.6 Å². The van der Waals surface area contributed by atoms with Crippen LogP contribution in [0.2, 0.25) is 5.02 Å². The lowest BCUT2D eigenvalue weighted by molar-refractivity contribution is 0.0484. The maximum atomic E-state index is 12.8. The number of amides is 1. The zero-order valence-corrected chi connectivity index (χ0v) is 17.5. The number of carbonyl (C=O) groups is 2. The fraction of sp³-hybridized carbons (Fsp3) is 0.300. The van der Waals surface area contributed by atoms with Crippen LogP contribution in [0.25, 0.3) is 0 Å². The minimum absolute atomic E-state index is 0.244. The molecule has 2 aromatic rings. The fourth-order valence-corrected chi connectivity index (χ4v) is 3.40. The monoisotopic (exact) mass is 432 g/mol. The van der Waals surface area contributed by atoms with Gasteiger partial charge >= 0.3 is 5.97 Å². The van der Waals surface area contributed by atoms with E-state index in [0.29, 0.717) is 35.3 Å². The molecule has 0 bridgehead atoms. The topological polar surface area (TPSA) is 74.8 Å². The van der Waals surface area contributed by atoms with Crippen LogP contribution in [-0.4, -0.2) is 58.7 Å². The van der Waals surface area contributed by atoms with Crippen molar-refractivity contribution in [2.75, 3.05) is 26.7 Å². The van der Waals surface area contributed by atoms with Gasteiger partial charge in [0.1, 0.15) is 5.69 Å². The maximum Gasteiger partial charge on any atom is 0.339 e. The molecule has 9 heteroatoms. The Bertz CT molecular complexity index is 890. The summed E-state index contributed by atoms with van der Waals surface area (Å²) >= 11 is 11.4. The molecule has 0 unspecified atom stereocenters. The third-order valence-electron chi connectivity index (χ3n) is 4.51. The molecule has 0 atom stereocenters. The SMILES string of the molecule is COC(=O)c1ccc(C(=O)N2CCCN2C(=S)NCCc2ccc(Cl)cc2)nc1. The van der Waals surface area contributed by atoms with Crippen LogP contribution in [-0.2, 0) is 11.2 Å². The molecular formula is C20H21ClN4O3S. The van der Waals surface area contributed by atoms with Gasteiger partial charge in [-0.2, -0.15) is 0 Å². The van der Waals surface area contributed by atoms with Crippen molar-refractivity contribution in [1.82, 2.24) is 20.3 Å². The maximum absolute atomic E-state index is 12.8. The lowest BCUT2D eigenvalue weighted by Crippen LogP contribution is -2.49. The lowest BCUT2D eigenvalue weighted by Gasteiger charge is -2.30. The molecule has 1 saturated heterocycles. The third kappa shape index (κ3) is 5.21. The summed E-state index contributed by atoms with van der Waals surface area (Å²) in [6, 6.07) is 10.7. The minimum atomic E-state index is -0.495. The highest BCUT2D eigenvalue weighted by molar-refractivity contribution is 7.80. The van der Waals surface area contributed by atoms with E-state index in [0.717, 1.165) is 18.4 Å². The second kappa shape index (κ2) is 9.67. The number of esters is 1. The summed E-state index contributed by atoms with van der Waals surface area (Å²) in [6.07, 6.45) is 2.93. The number of hydrazine groups is 1. The average Bonchev–Trinajstić information content (AvgIpc) is 3.24. The van der Waals surface area contributed by atoms with Gasteiger partial charge in [-0.05, 0) is 54.9 Å². The van der Waals surface area contributed by atoms with Gasteiger partial charge in [0.2, 0.25) is 0 Å². The largest absolute Gasteiger partial charge is 0.465 e. The molecule has 0 saturated carbocycles. The first-order valence-electron chi connectivity index (χ1n) is 9.15. The summed E-state index contributed by atoms with van der Waals surface area (Å²) in [5.41, 5.74) is 1.68. The first-order chi connectivity index (χ1) is 14.0. The summed E-state index contributed by atoms with van der Waals surface area (Å²) in [7, 11) is 1.30. The molecule has 152 valence electrons. The molecule has 0 radical (unpaired) electrons. The minimum Gasteiger partial charge on any atom is -0.465 e. The summed E-state index contributed by atoms with van der Waals surface area (Å²) in [5, 5.41) is 7.75. The van der Waals surface area contributed by atoms with Gasteiger partial charge in [0.05, 0.1) is 12.7 Å². The molecule has 3 rings (SSSR count). The molecule has 0 aliphatic carbocycles. The van der Waals surface area contributed by atoms with Crippen molar-refractivity contribution in [1.29, 1.82) is 0 Å². The summed E-state index contributed by atoms with van der Waals surface area (Å²) in [5.74, 6) is -0.758. The summed E-state index contributed by atoms with van der Waals surface area (Å²) in [6.45, 7) is 1.85. The van der Waals surface area contributed by atoms with Crippen molar-refractivity contribution >= 4 is 40.8 Å². The van der Waals surface area contributed by atoms with Crippen LogP contribution in [0.1, 0.15) is 32.8 Å². The number of hydrogen-bond acceptors (Lipinski definition) is 5. The number of nitrogens with zero attached hydrogens (tertiary/aromatic N) is 3. The standard InChI is InChI=1S/C20H21ClN4O3S/c1-28-19(27)15-5-8-17(23-13-15)18(26)24-11-2-12-25(24)20(29)22-10-9-14-3-6-16(21)7-4-14/h3-8,13H,2,9-12H2,1H3,(H,22,29). The van der Waals surface area contributed by atoms with Gasteiger partial charge in [0, 0.05) is 30.9 Å². The van der Waals surface area contributed by atoms with E-state index in [9.17, 15) is 9.59 Å². The molecule has 1 aromatic heterocycles. The molecular weight excluding hydrogens is 412 g/mol. The first kappa shape index (κ1) is 21.0. The van der Waals surface area contributed by atoms with E-state index in [1.807, 2.05) is 24.3 Å². The number of ether oxygens (including phenoxy) is 1. The normalized spacial score (nSPS) is 13.3. The van der Waals surface area contributed by atoms with Crippen LogP contribution in [0.3, 0.4) is 0 Å². The highest BCUT2D eigenvalue weighted by Crippen LogP contribution is 2.15. The molecule has 1 aromatic carbocycles. The number of pyridine rings is 1. The van der Waals surface area contributed by atoms with Gasteiger partial charge in [-0.1, -0.05) is 23.7 Å². The fourth-order valence-electron chi connectivity index (χ4n) is 2.98. The van der Waals surface area contributed by atoms with Gasteiger partial charge in [-0.15, -0.1) is 0 Å². The molecule has 7 nitrogen and oxygen atoms in total. The highest BCUT2D eigenvalue weighted by atomic mass is 35.5. The Morgan fingerprint density at radius 3 is 2.55 bits per heavy atom. The van der Waals surface area contributed by atoms with Crippen LogP contribution < -0.4 is 5.32 Å². The molecule has 0 spiro atoms. The quantitative estimate of drug-likeness (QED) is 0.575. The van der Waals surface area contributed by atoms with E-state index in [1.54, 1.807) is 10.0 Å². The van der Waals surface area contributed by atoms with Crippen LogP contribution in [0.4, 0.5) is 0 Å². The third-order valence-corrected chi connectivity index (χ3v) is 5.11. The first-order valence-corrected chi connectivity index (χ1v) is 9.94. The van der Waals surface area contributed by atoms with E-state index in [1.165, 1.54) is 25.4 Å². The molecule has 1 aliphatic rings. The predicted octanol–water partition coefficient (Wildman–Crippen LogP) is 2.70. The van der Waals surface area contributed by atoms with E-state index in [4.69, 9.17) is 23.8 Å². The molecule has 1 fully saturated rings. The molecule has 29 heavy (non-hydrogen) atoms. The number of carbonyl (C=O) groups excluding carboxylic acids is 2. The Balaban J connectivity index is 1.58. The van der Waals surface area contributed by atoms with E-state index in [2.05, 4.69) is 15.0 Å². The highest BCUT2D eigenvalue weighted by Gasteiger charge is 2.30. The average molecular weight is 433 g/mol. The smallest absolute Gasteiger partial charge is 0.339 e. The van der Waals surface area contributed by atoms with E-state index >= 15 is 0 Å². The Morgan fingerprint density at radius 1 is 1.17 bits per heavy atom. The Hall–Kier alpha value is -2.71. The lowest BCUT2D eigenvalue weighted by atomic mass is 10.1. The number of benzene rings is 1. The van der Waals surface area contributed by atoms with Crippen molar-refractivity contribution in [2.45, 2.75) is 12.8 Å². The molecule has 2 heterocycles. The predicted molar refractivity (Wildman–Crippen MR) is 114 cm³/mol. The van der Waals surface area contributed by atoms with E-state index < -0.39 is 5.97 Å². The van der Waals surface area contributed by atoms with Crippen LogP contribution in [0, 0.1) is 0 Å². The van der Waals surface area contributed by atoms with Crippen molar-refractivity contribution < 1.29 is 14.3 Å². The second-order valence-corrected chi connectivity index (χ2v) is 7.26. The van der Waals surface area contributed by atoms with Crippen molar-refractivity contribution in [3.8, 4) is 0 Å². The summed E-state index contributed by atoms with van der Waals surface area (Å²) < 4.78 is 4.65. The van der Waals surface area contributed by atoms with Gasteiger partial charge in [0.15, 0.2) is 5.11 Å². The number of nitrogens with one attached hydrogen (secondary N) is 1. The van der Waals surface area contributed by atoms with Gasteiger partial charge in [-0.25, -0.2) is 9.80 Å². The van der Waals surface area contributed by atoms with Gasteiger partial charge in [-0.3, -0.25) is 14.8 Å². The molecule has 1 N–H and O–H groups in total. The number of halogens is 1. The number of aromatic nitrogens is 1. The molecule has 1 aliphatic heterocycles. The van der Waals surface area contributed by atoms with Crippen molar-refractivity contribution in [3.63, 3.8) is 0 Å². The van der Waals surface area contributed by atoms with Crippen molar-refractivity contribution in [3.05, 3.63) is 64.4 Å². The number of rotatable bonds is 5. The van der Waals surface area contributed by atoms with Crippen molar-refractivity contribution in [2.24, 2.45) is 0 Å². The Kier molecular flexibility index (Phi) is 7.00. The zero-order chi connectivity index (χ0) is 20.8. The summed E-state index contributed by atoms with van der Waals surface area (Å²) in [4.78, 5) is 28.5. The van der Waals surface area contributed by atoms with Crippen LogP contribution in [0.5, 0.6) is 0 Å². The Morgan fingerprint density at radius 2 is 1.90 bits per heavy atom. The van der Waals surface area contributed by atoms with Gasteiger partial charge in [0.25, 0.3) is 5.91 Å².